The van der Waals surface area contributed by atoms with Gasteiger partial charge in [-0.05, 0) is 0 Å². The van der Waals surface area contributed by atoms with Crippen LogP contribution in [0.5, 0.6) is 0 Å². The SMILES string of the molecule is COCCS(=O)CC(N)C(=O)O. The number of aliphatic carboxylic acids is 1. The van der Waals surface area contributed by atoms with Gasteiger partial charge in [0.1, 0.15) is 6.04 Å². The van der Waals surface area contributed by atoms with E-state index in [9.17, 15) is 9.00 Å². The van der Waals surface area contributed by atoms with Gasteiger partial charge in [-0.2, -0.15) is 0 Å². The summed E-state index contributed by atoms with van der Waals surface area (Å²) in [5.41, 5.74) is 5.16. The number of methoxy groups -OCH3 is 1. The van der Waals surface area contributed by atoms with Crippen LogP contribution in [0.2, 0.25) is 0 Å². The third-order valence-corrected chi connectivity index (χ3v) is 2.55. The van der Waals surface area contributed by atoms with Crippen molar-refractivity contribution in [2.45, 2.75) is 6.04 Å². The molecule has 0 aromatic heterocycles. The van der Waals surface area contributed by atoms with Gasteiger partial charge in [0, 0.05) is 29.4 Å². The highest BCUT2D eigenvalue weighted by Crippen LogP contribution is 1.88. The van der Waals surface area contributed by atoms with Gasteiger partial charge in [0.25, 0.3) is 0 Å². The summed E-state index contributed by atoms with van der Waals surface area (Å²) in [5.74, 6) is -0.809. The van der Waals surface area contributed by atoms with Crippen LogP contribution in [-0.4, -0.2) is 46.5 Å². The van der Waals surface area contributed by atoms with Crippen molar-refractivity contribution in [2.24, 2.45) is 5.73 Å². The fourth-order valence-electron chi connectivity index (χ4n) is 0.531. The van der Waals surface area contributed by atoms with Crippen LogP contribution in [0, 0.1) is 0 Å². The number of nitrogens with two attached hydrogens (primary N) is 1. The van der Waals surface area contributed by atoms with Crippen LogP contribution < -0.4 is 5.73 Å². The molecule has 0 bridgehead atoms. The average molecular weight is 195 g/mol. The predicted octanol–water partition coefficient (Wildman–Crippen LogP) is -1.21. The number of hydrogen-bond acceptors (Lipinski definition) is 4. The number of ether oxygens (including phenoxy) is 1. The number of rotatable bonds is 6. The van der Waals surface area contributed by atoms with Crippen LogP contribution in [0.15, 0.2) is 0 Å². The summed E-state index contributed by atoms with van der Waals surface area (Å²) >= 11 is 0. The first-order valence-corrected chi connectivity index (χ1v) is 4.89. The molecule has 0 fully saturated rings. The quantitative estimate of drug-likeness (QED) is 0.555. The van der Waals surface area contributed by atoms with Gasteiger partial charge in [0.05, 0.1) is 6.61 Å². The summed E-state index contributed by atoms with van der Waals surface area (Å²) in [4.78, 5) is 10.2. The van der Waals surface area contributed by atoms with Crippen molar-refractivity contribution in [3.63, 3.8) is 0 Å². The van der Waals surface area contributed by atoms with E-state index in [0.29, 0.717) is 12.4 Å². The Hall–Kier alpha value is -0.460. The molecule has 0 aliphatic rings. The summed E-state index contributed by atoms with van der Waals surface area (Å²) in [6, 6.07) is -1.04. The van der Waals surface area contributed by atoms with Crippen molar-refractivity contribution < 1.29 is 18.8 Å². The van der Waals surface area contributed by atoms with Crippen LogP contribution in [-0.2, 0) is 20.3 Å². The van der Waals surface area contributed by atoms with E-state index < -0.39 is 22.8 Å². The minimum atomic E-state index is -1.20. The van der Waals surface area contributed by atoms with Gasteiger partial charge in [-0.25, -0.2) is 0 Å². The monoisotopic (exact) mass is 195 g/mol. The summed E-state index contributed by atoms with van der Waals surface area (Å²) in [5, 5.41) is 8.37. The second-order valence-corrected chi connectivity index (χ2v) is 3.87. The molecule has 0 saturated carbocycles. The van der Waals surface area contributed by atoms with Crippen LogP contribution in [0.4, 0.5) is 0 Å². The summed E-state index contributed by atoms with van der Waals surface area (Å²) in [7, 11) is 0.293. The molecular weight excluding hydrogens is 182 g/mol. The van der Waals surface area contributed by atoms with Gasteiger partial charge in [-0.3, -0.25) is 9.00 Å². The first kappa shape index (κ1) is 11.5. The maximum atomic E-state index is 11.0. The molecule has 6 heteroatoms. The van der Waals surface area contributed by atoms with Crippen LogP contribution in [0.3, 0.4) is 0 Å². The van der Waals surface area contributed by atoms with E-state index in [1.165, 1.54) is 7.11 Å². The van der Waals surface area contributed by atoms with Crippen molar-refractivity contribution >= 4 is 16.8 Å². The van der Waals surface area contributed by atoms with E-state index in [-0.39, 0.29) is 5.75 Å². The summed E-state index contributed by atoms with van der Waals surface area (Å²) < 4.78 is 15.7. The molecule has 0 amide bonds. The van der Waals surface area contributed by atoms with Gasteiger partial charge >= 0.3 is 5.97 Å². The Kier molecular flexibility index (Phi) is 5.87. The predicted molar refractivity (Wildman–Crippen MR) is 45.4 cm³/mol. The normalized spacial score (nSPS) is 15.5. The van der Waals surface area contributed by atoms with Crippen molar-refractivity contribution in [1.82, 2.24) is 0 Å². The van der Waals surface area contributed by atoms with E-state index in [4.69, 9.17) is 10.8 Å². The standard InChI is InChI=1S/C6H13NO4S/c1-11-2-3-12(10)4-5(7)6(8)9/h5H,2-4,7H2,1H3,(H,8,9). The number of hydrogen-bond donors (Lipinski definition) is 2. The molecular formula is C6H13NO4S. The van der Waals surface area contributed by atoms with Gasteiger partial charge < -0.3 is 15.6 Å². The molecule has 5 nitrogen and oxygen atoms in total. The molecule has 12 heavy (non-hydrogen) atoms. The van der Waals surface area contributed by atoms with Gasteiger partial charge in [0.15, 0.2) is 0 Å². The molecule has 0 aromatic carbocycles. The maximum Gasteiger partial charge on any atom is 0.321 e. The second kappa shape index (κ2) is 6.10. The van der Waals surface area contributed by atoms with Crippen LogP contribution >= 0.6 is 0 Å². The highest BCUT2D eigenvalue weighted by molar-refractivity contribution is 7.85. The van der Waals surface area contributed by atoms with E-state index >= 15 is 0 Å². The highest BCUT2D eigenvalue weighted by Gasteiger charge is 2.14. The van der Waals surface area contributed by atoms with Crippen molar-refractivity contribution in [3.05, 3.63) is 0 Å². The lowest BCUT2D eigenvalue weighted by Crippen LogP contribution is -2.36. The molecule has 2 unspecified atom stereocenters. The molecule has 0 rings (SSSR count). The first-order valence-electron chi connectivity index (χ1n) is 3.40. The molecule has 0 aromatic rings. The van der Waals surface area contributed by atoms with Gasteiger partial charge in [-0.15, -0.1) is 0 Å². The zero-order valence-corrected chi connectivity index (χ0v) is 7.67. The molecule has 72 valence electrons. The van der Waals surface area contributed by atoms with E-state index in [1.54, 1.807) is 0 Å². The number of carboxylic acids is 1. The Balaban J connectivity index is 3.61. The van der Waals surface area contributed by atoms with E-state index in [2.05, 4.69) is 4.74 Å². The molecule has 2 atom stereocenters. The average Bonchev–Trinajstić information content (AvgIpc) is 2.00. The lowest BCUT2D eigenvalue weighted by Gasteiger charge is -2.05. The number of carbonyl (C=O) groups is 1. The lowest BCUT2D eigenvalue weighted by atomic mass is 10.4. The number of carboxylic acid groups (broad SMARTS) is 1. The molecule has 0 heterocycles. The molecule has 0 aliphatic heterocycles. The van der Waals surface area contributed by atoms with Crippen molar-refractivity contribution in [3.8, 4) is 0 Å². The Bertz CT molecular complexity index is 173. The third kappa shape index (κ3) is 5.22. The Morgan fingerprint density at radius 3 is 2.75 bits per heavy atom. The van der Waals surface area contributed by atoms with Crippen molar-refractivity contribution in [2.75, 3.05) is 25.2 Å². The Morgan fingerprint density at radius 1 is 1.75 bits per heavy atom. The Labute approximate surface area is 73.3 Å². The zero-order chi connectivity index (χ0) is 9.56. The smallest absolute Gasteiger partial charge is 0.321 e. The van der Waals surface area contributed by atoms with Gasteiger partial charge in [0.2, 0.25) is 0 Å². The Morgan fingerprint density at radius 2 is 2.33 bits per heavy atom. The fourth-order valence-corrected chi connectivity index (χ4v) is 1.59. The van der Waals surface area contributed by atoms with E-state index in [0.717, 1.165) is 0 Å². The maximum absolute atomic E-state index is 11.0. The molecule has 3 N–H and O–H groups in total. The van der Waals surface area contributed by atoms with E-state index in [1.807, 2.05) is 0 Å². The summed E-state index contributed by atoms with van der Waals surface area (Å²) in [6.07, 6.45) is 0. The minimum Gasteiger partial charge on any atom is -0.480 e. The van der Waals surface area contributed by atoms with Crippen LogP contribution in [0.1, 0.15) is 0 Å². The van der Waals surface area contributed by atoms with Crippen molar-refractivity contribution in [1.29, 1.82) is 0 Å². The minimum absolute atomic E-state index is 0.0152. The lowest BCUT2D eigenvalue weighted by molar-refractivity contribution is -0.137. The zero-order valence-electron chi connectivity index (χ0n) is 6.86. The van der Waals surface area contributed by atoms with Crippen LogP contribution in [0.25, 0.3) is 0 Å². The molecule has 0 saturated heterocycles. The highest BCUT2D eigenvalue weighted by atomic mass is 32.2. The molecule has 0 spiro atoms. The fraction of sp³-hybridized carbons (Fsp3) is 0.833. The van der Waals surface area contributed by atoms with Gasteiger partial charge in [-0.1, -0.05) is 0 Å². The second-order valence-electron chi connectivity index (χ2n) is 2.25. The largest absolute Gasteiger partial charge is 0.480 e. The third-order valence-electron chi connectivity index (χ3n) is 1.20. The first-order chi connectivity index (χ1) is 5.57. The summed E-state index contributed by atoms with van der Waals surface area (Å²) in [6.45, 7) is 0.360. The molecule has 0 radical (unpaired) electrons. The topological polar surface area (TPSA) is 89.6 Å². The molecule has 0 aliphatic carbocycles.